The zero-order chi connectivity index (χ0) is 22.7. The molecule has 1 amide bonds. The van der Waals surface area contributed by atoms with Crippen LogP contribution in [0.4, 0.5) is 18.9 Å². The van der Waals surface area contributed by atoms with Crippen molar-refractivity contribution in [2.75, 3.05) is 5.32 Å². The molecule has 3 aromatic rings. The lowest BCUT2D eigenvalue weighted by Gasteiger charge is -2.09. The van der Waals surface area contributed by atoms with E-state index < -0.39 is 6.36 Å². The highest BCUT2D eigenvalue weighted by molar-refractivity contribution is 6.33. The molecule has 3 rings (SSSR count). The van der Waals surface area contributed by atoms with Gasteiger partial charge in [0.25, 0.3) is 5.91 Å². The van der Waals surface area contributed by atoms with Crippen molar-refractivity contribution >= 4 is 30.0 Å². The number of aryl methyl sites for hydroxylation is 1. The number of carbonyl (C=O) groups is 2. The van der Waals surface area contributed by atoms with Gasteiger partial charge >= 0.3 is 6.36 Å². The molecular weight excluding hydrogens is 421 g/mol. The number of aliphatic hydroxyl groups is 1. The first-order valence-electron chi connectivity index (χ1n) is 8.30. The van der Waals surface area contributed by atoms with E-state index in [0.29, 0.717) is 16.3 Å². The number of anilines is 1. The van der Waals surface area contributed by atoms with Gasteiger partial charge < -0.3 is 15.2 Å². The van der Waals surface area contributed by atoms with Gasteiger partial charge in [-0.05, 0) is 49.4 Å². The van der Waals surface area contributed by atoms with Crippen LogP contribution < -0.4 is 5.32 Å². The first kappa shape index (κ1) is 24.8. The zero-order valence-electron chi connectivity index (χ0n) is 15.8. The molecule has 2 N–H and O–H groups in total. The largest absolute Gasteiger partial charge is 0.519 e. The number of nitrogens with one attached hydrogen (secondary N) is 1. The van der Waals surface area contributed by atoms with Crippen molar-refractivity contribution in [3.05, 3.63) is 83.0 Å². The third kappa shape index (κ3) is 8.85. The number of aromatic nitrogens is 1. The van der Waals surface area contributed by atoms with Gasteiger partial charge in [0.1, 0.15) is 6.79 Å². The molecule has 0 radical (unpaired) electrons. The summed E-state index contributed by atoms with van der Waals surface area (Å²) >= 11 is 6.25. The van der Waals surface area contributed by atoms with Crippen molar-refractivity contribution in [3.8, 4) is 11.3 Å². The number of halogens is 4. The fraction of sp³-hybridized carbons (Fsp3) is 0.0952. The van der Waals surface area contributed by atoms with E-state index in [9.17, 15) is 18.0 Å². The van der Waals surface area contributed by atoms with Crippen molar-refractivity contribution in [1.82, 2.24) is 4.98 Å². The molecule has 9 heteroatoms. The Hall–Kier alpha value is -3.23. The fourth-order valence-corrected chi connectivity index (χ4v) is 2.44. The number of hydrogen-bond acceptors (Lipinski definition) is 4. The summed E-state index contributed by atoms with van der Waals surface area (Å²) in [7, 11) is 0. The second-order valence-electron chi connectivity index (χ2n) is 5.70. The van der Waals surface area contributed by atoms with Gasteiger partial charge in [-0.1, -0.05) is 35.4 Å². The van der Waals surface area contributed by atoms with E-state index in [1.165, 1.54) is 0 Å². The quantitative estimate of drug-likeness (QED) is 0.583. The molecule has 0 aliphatic heterocycles. The van der Waals surface area contributed by atoms with Crippen molar-refractivity contribution < 1.29 is 27.9 Å². The number of nitrogens with zero attached hydrogens (tertiary/aromatic N) is 1. The van der Waals surface area contributed by atoms with Gasteiger partial charge in [0.15, 0.2) is 0 Å². The number of amides is 1. The maximum absolute atomic E-state index is 12.3. The third-order valence-corrected chi connectivity index (χ3v) is 3.81. The Morgan fingerprint density at radius 1 is 1.07 bits per heavy atom. The predicted octanol–water partition coefficient (Wildman–Crippen LogP) is 5.28. The van der Waals surface area contributed by atoms with Crippen LogP contribution in [0, 0.1) is 6.92 Å². The average Bonchev–Trinajstić information content (AvgIpc) is 2.71. The molecule has 0 bridgehead atoms. The molecular formula is C21H18ClF3N2O3. The molecule has 30 heavy (non-hydrogen) atoms. The van der Waals surface area contributed by atoms with E-state index >= 15 is 0 Å². The molecule has 158 valence electrons. The molecule has 0 atom stereocenters. The van der Waals surface area contributed by atoms with E-state index in [1.54, 1.807) is 30.5 Å². The van der Waals surface area contributed by atoms with Crippen LogP contribution in [0.25, 0.3) is 11.3 Å². The van der Waals surface area contributed by atoms with E-state index in [1.807, 2.05) is 50.1 Å². The summed E-state index contributed by atoms with van der Waals surface area (Å²) in [6.45, 7) is 3.99. The van der Waals surface area contributed by atoms with E-state index in [2.05, 4.69) is 10.3 Å². The standard InChI is InChI=1S/C19H15ClN2O.CHF3O.CH2O/c1-13-5-7-14(8-6-13)19(23)22-15-9-10-17(20)16(12-15)18-4-2-3-11-21-18;2-1(3,4)5;1-2/h2-12H,1H3,(H,22,23);5H;1H2. The van der Waals surface area contributed by atoms with Crippen molar-refractivity contribution in [3.63, 3.8) is 0 Å². The van der Waals surface area contributed by atoms with Crippen LogP contribution in [0.3, 0.4) is 0 Å². The minimum absolute atomic E-state index is 0.153. The molecule has 0 aliphatic rings. The highest BCUT2D eigenvalue weighted by Gasteiger charge is 2.20. The normalized spacial score (nSPS) is 10.1. The highest BCUT2D eigenvalue weighted by Crippen LogP contribution is 2.29. The summed E-state index contributed by atoms with van der Waals surface area (Å²) in [6, 6.07) is 18.4. The SMILES string of the molecule is C=O.Cc1ccc(C(=O)Nc2ccc(Cl)c(-c3ccccn3)c2)cc1.OC(F)(F)F. The van der Waals surface area contributed by atoms with Crippen LogP contribution >= 0.6 is 11.6 Å². The van der Waals surface area contributed by atoms with Crippen LogP contribution in [0.1, 0.15) is 15.9 Å². The van der Waals surface area contributed by atoms with Crippen LogP contribution in [0.5, 0.6) is 0 Å². The number of hydrogen-bond donors (Lipinski definition) is 2. The Bertz CT molecular complexity index is 944. The summed E-state index contributed by atoms with van der Waals surface area (Å²) in [6.07, 6.45) is -3.29. The Morgan fingerprint density at radius 2 is 1.67 bits per heavy atom. The maximum atomic E-state index is 12.3. The van der Waals surface area contributed by atoms with E-state index in [4.69, 9.17) is 21.5 Å². The fourth-order valence-electron chi connectivity index (χ4n) is 2.23. The highest BCUT2D eigenvalue weighted by atomic mass is 35.5. The summed E-state index contributed by atoms with van der Waals surface area (Å²) in [4.78, 5) is 24.6. The lowest BCUT2D eigenvalue weighted by atomic mass is 10.1. The summed E-state index contributed by atoms with van der Waals surface area (Å²) in [5, 5.41) is 10.0. The smallest absolute Gasteiger partial charge is 0.322 e. The molecule has 2 aromatic carbocycles. The van der Waals surface area contributed by atoms with Gasteiger partial charge in [-0.25, -0.2) is 0 Å². The average molecular weight is 439 g/mol. The van der Waals surface area contributed by atoms with Crippen molar-refractivity contribution in [1.29, 1.82) is 0 Å². The van der Waals surface area contributed by atoms with E-state index in [0.717, 1.165) is 16.8 Å². The molecule has 0 unspecified atom stereocenters. The minimum atomic E-state index is -5.00. The zero-order valence-corrected chi connectivity index (χ0v) is 16.5. The Labute approximate surface area is 176 Å². The molecule has 0 fully saturated rings. The van der Waals surface area contributed by atoms with Crippen LogP contribution in [0.2, 0.25) is 5.02 Å². The van der Waals surface area contributed by atoms with Gasteiger partial charge in [-0.15, -0.1) is 13.2 Å². The second kappa shape index (κ2) is 11.7. The molecule has 0 saturated heterocycles. The van der Waals surface area contributed by atoms with Crippen molar-refractivity contribution in [2.24, 2.45) is 0 Å². The molecule has 5 nitrogen and oxygen atoms in total. The molecule has 1 aromatic heterocycles. The third-order valence-electron chi connectivity index (χ3n) is 3.48. The first-order chi connectivity index (χ1) is 14.1. The van der Waals surface area contributed by atoms with Gasteiger partial charge in [-0.2, -0.15) is 0 Å². The first-order valence-corrected chi connectivity index (χ1v) is 8.68. The maximum Gasteiger partial charge on any atom is 0.519 e. The minimum Gasteiger partial charge on any atom is -0.322 e. The molecule has 1 heterocycles. The van der Waals surface area contributed by atoms with Crippen LogP contribution in [0.15, 0.2) is 66.9 Å². The number of alkyl halides is 3. The van der Waals surface area contributed by atoms with Crippen LogP contribution in [-0.4, -0.2) is 29.1 Å². The monoisotopic (exact) mass is 438 g/mol. The van der Waals surface area contributed by atoms with Gasteiger partial charge in [0.05, 0.1) is 10.7 Å². The lowest BCUT2D eigenvalue weighted by Crippen LogP contribution is -2.11. The Kier molecular flexibility index (Phi) is 9.67. The van der Waals surface area contributed by atoms with E-state index in [-0.39, 0.29) is 5.91 Å². The lowest BCUT2D eigenvalue weighted by molar-refractivity contribution is -0.295. The Balaban J connectivity index is 0.000000565. The topological polar surface area (TPSA) is 79.3 Å². The van der Waals surface area contributed by atoms with Crippen LogP contribution in [-0.2, 0) is 4.79 Å². The summed E-state index contributed by atoms with van der Waals surface area (Å²) in [5.41, 5.74) is 3.97. The summed E-state index contributed by atoms with van der Waals surface area (Å²) in [5.74, 6) is -0.153. The van der Waals surface area contributed by atoms with Gasteiger partial charge in [0.2, 0.25) is 0 Å². The number of pyridine rings is 1. The van der Waals surface area contributed by atoms with Gasteiger partial charge in [0, 0.05) is 23.0 Å². The Morgan fingerprint density at radius 3 is 2.20 bits per heavy atom. The summed E-state index contributed by atoms with van der Waals surface area (Å²) < 4.78 is 29.7. The predicted molar refractivity (Wildman–Crippen MR) is 109 cm³/mol. The van der Waals surface area contributed by atoms with Gasteiger partial charge in [-0.3, -0.25) is 9.78 Å². The second-order valence-corrected chi connectivity index (χ2v) is 6.10. The number of rotatable bonds is 3. The number of benzene rings is 2. The molecule has 0 saturated carbocycles. The van der Waals surface area contributed by atoms with Crippen molar-refractivity contribution in [2.45, 2.75) is 13.3 Å². The molecule has 0 aliphatic carbocycles. The molecule has 0 spiro atoms. The number of carbonyl (C=O) groups excluding carboxylic acids is 2.